The van der Waals surface area contributed by atoms with E-state index in [2.05, 4.69) is 5.32 Å². The molecule has 0 saturated carbocycles. The van der Waals surface area contributed by atoms with Crippen LogP contribution in [0.3, 0.4) is 0 Å². The van der Waals surface area contributed by atoms with Crippen molar-refractivity contribution in [2.24, 2.45) is 0 Å². The molecule has 0 saturated heterocycles. The highest BCUT2D eigenvalue weighted by Gasteiger charge is 2.14. The zero-order chi connectivity index (χ0) is 15.9. The molecule has 0 aliphatic rings. The van der Waals surface area contributed by atoms with Crippen LogP contribution in [0.15, 0.2) is 48.5 Å². The van der Waals surface area contributed by atoms with Gasteiger partial charge in [0.15, 0.2) is 0 Å². The highest BCUT2D eigenvalue weighted by Crippen LogP contribution is 2.19. The van der Waals surface area contributed by atoms with E-state index in [9.17, 15) is 9.90 Å². The van der Waals surface area contributed by atoms with Crippen LogP contribution in [0, 0.1) is 6.92 Å². The van der Waals surface area contributed by atoms with E-state index >= 15 is 0 Å². The summed E-state index contributed by atoms with van der Waals surface area (Å²) < 4.78 is 5.17. The van der Waals surface area contributed by atoms with Crippen LogP contribution in [0.5, 0.6) is 5.75 Å². The Kier molecular flexibility index (Phi) is 5.55. The topological polar surface area (TPSA) is 58.6 Å². The van der Waals surface area contributed by atoms with Gasteiger partial charge in [0.2, 0.25) is 5.91 Å². The van der Waals surface area contributed by atoms with Gasteiger partial charge in [0.25, 0.3) is 0 Å². The summed E-state index contributed by atoms with van der Waals surface area (Å²) in [6.45, 7) is 1.83. The number of aryl methyl sites for hydroxylation is 1. The molecule has 2 aromatic carbocycles. The zero-order valence-electron chi connectivity index (χ0n) is 12.9. The summed E-state index contributed by atoms with van der Waals surface area (Å²) in [7, 11) is 1.59. The summed E-state index contributed by atoms with van der Waals surface area (Å²) in [4.78, 5) is 12.2. The monoisotopic (exact) mass is 299 g/mol. The van der Waals surface area contributed by atoms with Gasteiger partial charge in [-0.15, -0.1) is 0 Å². The van der Waals surface area contributed by atoms with Gasteiger partial charge in [-0.05, 0) is 30.2 Å². The second-order valence-corrected chi connectivity index (χ2v) is 5.25. The third kappa shape index (κ3) is 4.33. The summed E-state index contributed by atoms with van der Waals surface area (Å²) >= 11 is 0. The fourth-order valence-corrected chi connectivity index (χ4v) is 2.35. The molecular weight excluding hydrogens is 278 g/mol. The standard InChI is InChI=1S/C18H21NO3/c1-13-5-3-6-14(9-13)10-18(21)19-17(12-20)15-7-4-8-16(11-15)22-2/h3-9,11,17,20H,10,12H2,1-2H3,(H,19,21)/t17-/m0/s1. The van der Waals surface area contributed by atoms with E-state index in [-0.39, 0.29) is 12.5 Å². The van der Waals surface area contributed by atoms with Crippen molar-refractivity contribution < 1.29 is 14.6 Å². The van der Waals surface area contributed by atoms with Gasteiger partial charge in [-0.25, -0.2) is 0 Å². The zero-order valence-corrected chi connectivity index (χ0v) is 12.9. The van der Waals surface area contributed by atoms with Gasteiger partial charge in [0.1, 0.15) is 5.75 Å². The first kappa shape index (κ1) is 16.0. The molecule has 116 valence electrons. The largest absolute Gasteiger partial charge is 0.497 e. The van der Waals surface area contributed by atoms with Crippen LogP contribution in [0.4, 0.5) is 0 Å². The number of hydrogen-bond acceptors (Lipinski definition) is 3. The Hall–Kier alpha value is -2.33. The van der Waals surface area contributed by atoms with E-state index in [1.165, 1.54) is 0 Å². The molecule has 22 heavy (non-hydrogen) atoms. The molecule has 0 bridgehead atoms. The van der Waals surface area contributed by atoms with Gasteiger partial charge in [-0.2, -0.15) is 0 Å². The van der Waals surface area contributed by atoms with E-state index < -0.39 is 6.04 Å². The lowest BCUT2D eigenvalue weighted by Crippen LogP contribution is -2.32. The summed E-state index contributed by atoms with van der Waals surface area (Å²) in [5.41, 5.74) is 2.90. The predicted molar refractivity (Wildman–Crippen MR) is 85.8 cm³/mol. The number of aliphatic hydroxyl groups excluding tert-OH is 1. The number of benzene rings is 2. The highest BCUT2D eigenvalue weighted by atomic mass is 16.5. The molecule has 1 atom stereocenters. The van der Waals surface area contributed by atoms with Crippen molar-refractivity contribution in [3.05, 3.63) is 65.2 Å². The van der Waals surface area contributed by atoms with Gasteiger partial charge < -0.3 is 15.2 Å². The quantitative estimate of drug-likeness (QED) is 0.861. The van der Waals surface area contributed by atoms with Crippen molar-refractivity contribution in [2.75, 3.05) is 13.7 Å². The van der Waals surface area contributed by atoms with Crippen LogP contribution >= 0.6 is 0 Å². The van der Waals surface area contributed by atoms with Gasteiger partial charge in [0.05, 0.1) is 26.2 Å². The first-order valence-corrected chi connectivity index (χ1v) is 7.22. The Labute approximate surface area is 130 Å². The van der Waals surface area contributed by atoms with E-state index in [4.69, 9.17) is 4.74 Å². The van der Waals surface area contributed by atoms with Crippen molar-refractivity contribution in [1.82, 2.24) is 5.32 Å². The van der Waals surface area contributed by atoms with Crippen molar-refractivity contribution in [1.29, 1.82) is 0 Å². The maximum atomic E-state index is 12.2. The summed E-state index contributed by atoms with van der Waals surface area (Å²) in [6, 6.07) is 14.7. The first-order chi connectivity index (χ1) is 10.6. The molecule has 0 radical (unpaired) electrons. The summed E-state index contributed by atoms with van der Waals surface area (Å²) in [6.07, 6.45) is 0.294. The molecule has 0 spiro atoms. The summed E-state index contributed by atoms with van der Waals surface area (Å²) in [5, 5.41) is 12.4. The molecular formula is C18H21NO3. The van der Waals surface area contributed by atoms with Crippen molar-refractivity contribution in [3.8, 4) is 5.75 Å². The predicted octanol–water partition coefficient (Wildman–Crippen LogP) is 2.40. The van der Waals surface area contributed by atoms with E-state index in [1.54, 1.807) is 7.11 Å². The lowest BCUT2D eigenvalue weighted by atomic mass is 10.1. The fraction of sp³-hybridized carbons (Fsp3) is 0.278. The van der Waals surface area contributed by atoms with Gasteiger partial charge >= 0.3 is 0 Å². The minimum Gasteiger partial charge on any atom is -0.497 e. The first-order valence-electron chi connectivity index (χ1n) is 7.22. The minimum absolute atomic E-state index is 0.118. The number of carbonyl (C=O) groups excluding carboxylic acids is 1. The second kappa shape index (κ2) is 7.61. The molecule has 0 heterocycles. The van der Waals surface area contributed by atoms with Crippen LogP contribution in [-0.4, -0.2) is 24.7 Å². The smallest absolute Gasteiger partial charge is 0.224 e. The number of ether oxygens (including phenoxy) is 1. The van der Waals surface area contributed by atoms with Crippen molar-refractivity contribution in [2.45, 2.75) is 19.4 Å². The summed E-state index contributed by atoms with van der Waals surface area (Å²) in [5.74, 6) is 0.580. The molecule has 2 aromatic rings. The van der Waals surface area contributed by atoms with Crippen LogP contribution in [-0.2, 0) is 11.2 Å². The number of nitrogens with one attached hydrogen (secondary N) is 1. The third-order valence-corrected chi connectivity index (χ3v) is 3.46. The van der Waals surface area contributed by atoms with Gasteiger partial charge in [0, 0.05) is 0 Å². The molecule has 0 aliphatic heterocycles. The second-order valence-electron chi connectivity index (χ2n) is 5.25. The molecule has 1 amide bonds. The normalized spacial score (nSPS) is 11.8. The molecule has 0 fully saturated rings. The molecule has 4 heteroatoms. The number of amides is 1. The Bertz CT molecular complexity index is 640. The molecule has 0 aliphatic carbocycles. The Morgan fingerprint density at radius 2 is 2.00 bits per heavy atom. The molecule has 0 unspecified atom stereocenters. The number of aliphatic hydroxyl groups is 1. The van der Waals surface area contributed by atoms with Crippen molar-refractivity contribution in [3.63, 3.8) is 0 Å². The number of carbonyl (C=O) groups is 1. The highest BCUT2D eigenvalue weighted by molar-refractivity contribution is 5.79. The lowest BCUT2D eigenvalue weighted by molar-refractivity contribution is -0.121. The average molecular weight is 299 g/mol. The van der Waals surface area contributed by atoms with Crippen LogP contribution in [0.25, 0.3) is 0 Å². The minimum atomic E-state index is -0.438. The fourth-order valence-electron chi connectivity index (χ4n) is 2.35. The Morgan fingerprint density at radius 3 is 2.68 bits per heavy atom. The maximum absolute atomic E-state index is 12.2. The van der Waals surface area contributed by atoms with Crippen LogP contribution < -0.4 is 10.1 Å². The van der Waals surface area contributed by atoms with E-state index in [0.717, 1.165) is 16.7 Å². The number of methoxy groups -OCH3 is 1. The Morgan fingerprint density at radius 1 is 1.23 bits per heavy atom. The molecule has 2 rings (SSSR count). The van der Waals surface area contributed by atoms with E-state index in [1.807, 2.05) is 55.5 Å². The number of hydrogen-bond donors (Lipinski definition) is 2. The van der Waals surface area contributed by atoms with Gasteiger partial charge in [-0.1, -0.05) is 42.0 Å². The SMILES string of the molecule is COc1cccc([C@H](CO)NC(=O)Cc2cccc(C)c2)c1. The van der Waals surface area contributed by atoms with E-state index in [0.29, 0.717) is 12.2 Å². The molecule has 4 nitrogen and oxygen atoms in total. The van der Waals surface area contributed by atoms with Crippen LogP contribution in [0.1, 0.15) is 22.7 Å². The maximum Gasteiger partial charge on any atom is 0.224 e. The van der Waals surface area contributed by atoms with Crippen molar-refractivity contribution >= 4 is 5.91 Å². The lowest BCUT2D eigenvalue weighted by Gasteiger charge is -2.17. The average Bonchev–Trinajstić information content (AvgIpc) is 2.52. The number of rotatable bonds is 6. The Balaban J connectivity index is 2.04. The molecule has 0 aromatic heterocycles. The third-order valence-electron chi connectivity index (χ3n) is 3.46. The van der Waals surface area contributed by atoms with Crippen LogP contribution in [0.2, 0.25) is 0 Å². The molecule has 2 N–H and O–H groups in total. The van der Waals surface area contributed by atoms with Gasteiger partial charge in [-0.3, -0.25) is 4.79 Å².